The van der Waals surface area contributed by atoms with Crippen LogP contribution in [0.1, 0.15) is 50.7 Å². The van der Waals surface area contributed by atoms with Crippen LogP contribution in [0.25, 0.3) is 0 Å². The molecule has 8 nitrogen and oxygen atoms in total. The Labute approximate surface area is 211 Å². The molecule has 2 aliphatic rings. The van der Waals surface area contributed by atoms with Gasteiger partial charge in [0.1, 0.15) is 11.4 Å². The number of anilines is 2. The molecule has 2 fully saturated rings. The van der Waals surface area contributed by atoms with Crippen LogP contribution in [0, 0.1) is 0 Å². The van der Waals surface area contributed by atoms with Gasteiger partial charge in [0, 0.05) is 12.1 Å². The summed E-state index contributed by atoms with van der Waals surface area (Å²) in [4.78, 5) is 0. The van der Waals surface area contributed by atoms with Crippen LogP contribution in [-0.4, -0.2) is 53.9 Å². The molecular weight excluding hydrogens is 541 g/mol. The lowest BCUT2D eigenvalue weighted by molar-refractivity contribution is -0.138. The molecular formula is C20H22Cl2F6N6O2. The molecule has 0 radical (unpaired) electrons. The fourth-order valence-corrected chi connectivity index (χ4v) is 4.29. The summed E-state index contributed by atoms with van der Waals surface area (Å²) in [6, 6.07) is 1.21. The Kier molecular flexibility index (Phi) is 7.85. The molecule has 4 rings (SSSR count). The van der Waals surface area contributed by atoms with Crippen LogP contribution < -0.4 is 10.6 Å². The van der Waals surface area contributed by atoms with Crippen molar-refractivity contribution in [2.45, 2.75) is 75.2 Å². The van der Waals surface area contributed by atoms with E-state index in [1.165, 1.54) is 0 Å². The summed E-state index contributed by atoms with van der Waals surface area (Å²) < 4.78 is 75.9. The summed E-state index contributed by atoms with van der Waals surface area (Å²) in [6.45, 7) is 3.29. The fraction of sp³-hybridized carbons (Fsp3) is 0.600. The molecule has 0 atom stereocenters. The lowest BCUT2D eigenvalue weighted by atomic mass is 9.77. The first-order chi connectivity index (χ1) is 16.3. The van der Waals surface area contributed by atoms with Gasteiger partial charge in [-0.05, 0) is 51.7 Å². The second kappa shape index (κ2) is 9.95. The van der Waals surface area contributed by atoms with Crippen LogP contribution >= 0.6 is 23.2 Å². The van der Waals surface area contributed by atoms with Crippen LogP contribution in [-0.2, 0) is 12.4 Å². The van der Waals surface area contributed by atoms with E-state index in [2.05, 4.69) is 31.0 Å². The topological polar surface area (TPSA) is 116 Å². The zero-order valence-corrected chi connectivity index (χ0v) is 20.4. The largest absolute Gasteiger partial charge is 0.420 e. The van der Waals surface area contributed by atoms with Crippen molar-refractivity contribution < 1.29 is 36.6 Å². The number of rotatable bonds is 4. The zero-order valence-electron chi connectivity index (χ0n) is 18.8. The molecule has 0 saturated heterocycles. The Hall–Kier alpha value is -2.16. The maximum Gasteiger partial charge on any atom is 0.420 e. The number of nitrogens with one attached hydrogen (secondary N) is 2. The van der Waals surface area contributed by atoms with Crippen molar-refractivity contribution in [3.63, 3.8) is 0 Å². The summed E-state index contributed by atoms with van der Waals surface area (Å²) in [6.07, 6.45) is -7.46. The summed E-state index contributed by atoms with van der Waals surface area (Å²) in [5.41, 5.74) is -3.55. The highest BCUT2D eigenvalue weighted by molar-refractivity contribution is 6.30. The summed E-state index contributed by atoms with van der Waals surface area (Å²) >= 11 is 10.8. The Morgan fingerprint density at radius 2 is 1.28 bits per heavy atom. The Morgan fingerprint density at radius 1 is 0.778 bits per heavy atom. The van der Waals surface area contributed by atoms with Gasteiger partial charge in [0.05, 0.1) is 16.8 Å². The quantitative estimate of drug-likeness (QED) is 0.387. The standard InChI is InChI=1S/2C10H11ClF3N3O/c1-9(18)3-5(4-9)15-7-2-6(10(12,13)14)8(11)17-16-7;1-9(18)3-5(4-9)15-8-6(10(12,13)14)2-7(11)16-17-8/h2,5,18H,3-4H2,1H3,(H,15,16);2,5,18H,3-4H2,1H3,(H,15,17). The Balaban J connectivity index is 0.000000201. The number of halogens is 8. The van der Waals surface area contributed by atoms with E-state index in [-0.39, 0.29) is 28.9 Å². The van der Waals surface area contributed by atoms with Crippen molar-refractivity contribution in [1.82, 2.24) is 20.4 Å². The predicted octanol–water partition coefficient (Wildman–Crippen LogP) is 4.95. The van der Waals surface area contributed by atoms with E-state index >= 15 is 0 Å². The molecule has 0 unspecified atom stereocenters. The molecule has 0 aromatic carbocycles. The third-order valence-corrected chi connectivity index (χ3v) is 6.03. The first-order valence-corrected chi connectivity index (χ1v) is 11.3. The Bertz CT molecular complexity index is 1080. The maximum absolute atomic E-state index is 12.7. The van der Waals surface area contributed by atoms with Gasteiger partial charge < -0.3 is 20.8 Å². The summed E-state index contributed by atoms with van der Waals surface area (Å²) in [5, 5.41) is 37.1. The molecule has 0 amide bonds. The SMILES string of the molecule is CC1(O)CC(Nc2cc(C(F)(F)F)c(Cl)nn2)C1.CC1(O)CC(Nc2nnc(Cl)cc2C(F)(F)F)C1. The number of nitrogens with zero attached hydrogens (tertiary/aromatic N) is 4. The minimum Gasteiger partial charge on any atom is -0.390 e. The van der Waals surface area contributed by atoms with E-state index in [4.69, 9.17) is 23.2 Å². The average molecular weight is 563 g/mol. The first-order valence-electron chi connectivity index (χ1n) is 10.5. The normalized spacial score (nSPS) is 27.8. The number of aliphatic hydroxyl groups is 2. The van der Waals surface area contributed by atoms with E-state index in [9.17, 15) is 36.6 Å². The molecule has 2 heterocycles. The third kappa shape index (κ3) is 7.43. The van der Waals surface area contributed by atoms with Crippen molar-refractivity contribution in [1.29, 1.82) is 0 Å². The van der Waals surface area contributed by atoms with Gasteiger partial charge >= 0.3 is 12.4 Å². The Morgan fingerprint density at radius 3 is 1.75 bits per heavy atom. The van der Waals surface area contributed by atoms with Crippen LogP contribution in [0.5, 0.6) is 0 Å². The van der Waals surface area contributed by atoms with Crippen molar-refractivity contribution in [2.75, 3.05) is 10.6 Å². The van der Waals surface area contributed by atoms with Gasteiger partial charge in [0.25, 0.3) is 0 Å². The van der Waals surface area contributed by atoms with Crippen LogP contribution in [0.15, 0.2) is 12.1 Å². The summed E-state index contributed by atoms with van der Waals surface area (Å²) in [5.74, 6) is -0.348. The van der Waals surface area contributed by atoms with E-state index in [1.54, 1.807) is 13.8 Å². The van der Waals surface area contributed by atoms with Gasteiger partial charge in [0.2, 0.25) is 0 Å². The van der Waals surface area contributed by atoms with Gasteiger partial charge in [-0.15, -0.1) is 20.4 Å². The molecule has 200 valence electrons. The first kappa shape index (κ1) is 28.4. The van der Waals surface area contributed by atoms with Crippen molar-refractivity contribution in [3.05, 3.63) is 33.6 Å². The monoisotopic (exact) mass is 562 g/mol. The lowest BCUT2D eigenvalue weighted by Gasteiger charge is -2.41. The molecule has 2 aromatic rings. The highest BCUT2D eigenvalue weighted by Gasteiger charge is 2.42. The molecule has 0 bridgehead atoms. The molecule has 2 saturated carbocycles. The molecule has 0 aliphatic heterocycles. The highest BCUT2D eigenvalue weighted by atomic mass is 35.5. The van der Waals surface area contributed by atoms with Gasteiger partial charge in [-0.25, -0.2) is 0 Å². The van der Waals surface area contributed by atoms with Gasteiger partial charge in [-0.2, -0.15) is 26.3 Å². The number of aromatic nitrogens is 4. The summed E-state index contributed by atoms with van der Waals surface area (Å²) in [7, 11) is 0. The van der Waals surface area contributed by atoms with Crippen molar-refractivity contribution in [2.24, 2.45) is 0 Å². The average Bonchev–Trinajstić information content (AvgIpc) is 2.67. The van der Waals surface area contributed by atoms with Crippen molar-refractivity contribution >= 4 is 34.8 Å². The molecule has 4 N–H and O–H groups in total. The van der Waals surface area contributed by atoms with E-state index in [0.29, 0.717) is 25.7 Å². The van der Waals surface area contributed by atoms with Crippen LogP contribution in [0.3, 0.4) is 0 Å². The van der Waals surface area contributed by atoms with Crippen molar-refractivity contribution in [3.8, 4) is 0 Å². The maximum atomic E-state index is 12.7. The van der Waals surface area contributed by atoms with Crippen LogP contribution in [0.4, 0.5) is 38.0 Å². The second-order valence-corrected chi connectivity index (χ2v) is 10.1. The minimum atomic E-state index is -4.56. The predicted molar refractivity (Wildman–Crippen MR) is 119 cm³/mol. The van der Waals surface area contributed by atoms with Gasteiger partial charge in [0.15, 0.2) is 16.1 Å². The third-order valence-electron chi connectivity index (χ3n) is 5.56. The van der Waals surface area contributed by atoms with E-state index in [0.717, 1.165) is 12.1 Å². The molecule has 36 heavy (non-hydrogen) atoms. The van der Waals surface area contributed by atoms with E-state index < -0.39 is 39.8 Å². The second-order valence-electron chi connectivity index (χ2n) is 9.35. The molecule has 0 spiro atoms. The highest BCUT2D eigenvalue weighted by Crippen LogP contribution is 2.39. The number of alkyl halides is 6. The zero-order chi connectivity index (χ0) is 27.1. The molecule has 2 aliphatic carbocycles. The lowest BCUT2D eigenvalue weighted by Crippen LogP contribution is -2.48. The van der Waals surface area contributed by atoms with Gasteiger partial charge in [-0.3, -0.25) is 0 Å². The van der Waals surface area contributed by atoms with Crippen LogP contribution in [0.2, 0.25) is 10.3 Å². The number of hydrogen-bond donors (Lipinski definition) is 4. The molecule has 2 aromatic heterocycles. The minimum absolute atomic E-state index is 0.00669. The van der Waals surface area contributed by atoms with Gasteiger partial charge in [-0.1, -0.05) is 23.2 Å². The smallest absolute Gasteiger partial charge is 0.390 e. The molecule has 16 heteroatoms. The van der Waals surface area contributed by atoms with E-state index in [1.807, 2.05) is 0 Å². The fourth-order valence-electron chi connectivity index (χ4n) is 3.95. The number of hydrogen-bond acceptors (Lipinski definition) is 8.